The maximum atomic E-state index is 10.8. The van der Waals surface area contributed by atoms with E-state index in [-0.39, 0.29) is 17.0 Å². The summed E-state index contributed by atoms with van der Waals surface area (Å²) in [6.45, 7) is 10.2. The number of ketones is 1. The average molecular weight is 224 g/mol. The summed E-state index contributed by atoms with van der Waals surface area (Å²) in [5.41, 5.74) is 1.48. The van der Waals surface area contributed by atoms with Crippen LogP contribution in [0.2, 0.25) is 0 Å². The summed E-state index contributed by atoms with van der Waals surface area (Å²) < 4.78 is 5.70. The third-order valence-corrected chi connectivity index (χ3v) is 3.70. The van der Waals surface area contributed by atoms with E-state index in [1.807, 2.05) is 0 Å². The minimum Gasteiger partial charge on any atom is -0.363 e. The predicted octanol–water partition coefficient (Wildman–Crippen LogP) is 3.65. The molecule has 0 aromatic rings. The Balaban J connectivity index is 2.25. The number of Topliss-reactive ketones (excluding diaryl/α,β-unsaturated/α-hetero) is 1. The highest BCUT2D eigenvalue weighted by Crippen LogP contribution is 2.50. The van der Waals surface area contributed by atoms with Crippen LogP contribution >= 0.6 is 0 Å². The number of hydrogen-bond acceptors (Lipinski definition) is 2. The molecule has 2 nitrogen and oxygen atoms in total. The number of carbonyl (C=O) groups is 1. The van der Waals surface area contributed by atoms with Gasteiger partial charge < -0.3 is 9.53 Å². The molecule has 1 rings (SSSR count). The summed E-state index contributed by atoms with van der Waals surface area (Å²) in [7, 11) is 0. The van der Waals surface area contributed by atoms with E-state index in [0.717, 1.165) is 19.3 Å². The highest BCUT2D eigenvalue weighted by atomic mass is 16.6. The van der Waals surface area contributed by atoms with E-state index in [1.54, 1.807) is 6.92 Å². The second kappa shape index (κ2) is 4.70. The van der Waals surface area contributed by atoms with Crippen LogP contribution in [-0.4, -0.2) is 17.0 Å². The van der Waals surface area contributed by atoms with Gasteiger partial charge >= 0.3 is 0 Å². The quantitative estimate of drug-likeness (QED) is 0.509. The van der Waals surface area contributed by atoms with Gasteiger partial charge in [-0.2, -0.15) is 0 Å². The van der Waals surface area contributed by atoms with Crippen molar-refractivity contribution in [1.29, 1.82) is 0 Å². The van der Waals surface area contributed by atoms with Gasteiger partial charge in [-0.05, 0) is 53.9 Å². The van der Waals surface area contributed by atoms with Gasteiger partial charge in [0.1, 0.15) is 5.78 Å². The van der Waals surface area contributed by atoms with Crippen LogP contribution in [-0.2, 0) is 9.53 Å². The lowest BCUT2D eigenvalue weighted by Crippen LogP contribution is -2.16. The van der Waals surface area contributed by atoms with E-state index in [9.17, 15) is 4.79 Å². The molecule has 1 aliphatic heterocycles. The van der Waals surface area contributed by atoms with Crippen molar-refractivity contribution in [3.05, 3.63) is 11.6 Å². The molecule has 1 fully saturated rings. The first-order valence-electron chi connectivity index (χ1n) is 6.12. The van der Waals surface area contributed by atoms with E-state index in [4.69, 9.17) is 4.74 Å². The molecular weight excluding hydrogens is 200 g/mol. The Kier molecular flexibility index (Phi) is 3.95. The van der Waals surface area contributed by atoms with Crippen molar-refractivity contribution in [2.24, 2.45) is 0 Å². The fourth-order valence-electron chi connectivity index (χ4n) is 1.95. The fraction of sp³-hybridized carbons (Fsp3) is 0.786. The molecule has 0 aliphatic carbocycles. The smallest absolute Gasteiger partial charge is 0.130 e. The summed E-state index contributed by atoms with van der Waals surface area (Å²) in [4.78, 5) is 10.8. The van der Waals surface area contributed by atoms with Gasteiger partial charge in [0.25, 0.3) is 0 Å². The summed E-state index contributed by atoms with van der Waals surface area (Å²) in [6, 6.07) is 0. The molecule has 0 bridgehead atoms. The summed E-state index contributed by atoms with van der Waals surface area (Å²) in [5, 5.41) is 0. The van der Waals surface area contributed by atoms with Crippen LogP contribution < -0.4 is 0 Å². The Morgan fingerprint density at radius 1 is 1.19 bits per heavy atom. The molecule has 0 aromatic heterocycles. The van der Waals surface area contributed by atoms with Gasteiger partial charge in [-0.25, -0.2) is 0 Å². The topological polar surface area (TPSA) is 29.6 Å². The molecule has 16 heavy (non-hydrogen) atoms. The van der Waals surface area contributed by atoms with Crippen molar-refractivity contribution in [2.45, 2.75) is 71.5 Å². The van der Waals surface area contributed by atoms with E-state index in [2.05, 4.69) is 33.8 Å². The lowest BCUT2D eigenvalue weighted by Gasteiger charge is -2.08. The van der Waals surface area contributed by atoms with Crippen LogP contribution in [0.1, 0.15) is 60.3 Å². The highest BCUT2D eigenvalue weighted by molar-refractivity contribution is 5.75. The number of rotatable bonds is 6. The minimum atomic E-state index is 0.0483. The number of hydrogen-bond donors (Lipinski definition) is 0. The first-order chi connectivity index (χ1) is 7.27. The monoisotopic (exact) mass is 224 g/mol. The van der Waals surface area contributed by atoms with Gasteiger partial charge in [-0.3, -0.25) is 0 Å². The molecule has 2 heteroatoms. The molecule has 0 amide bonds. The molecule has 92 valence electrons. The molecule has 0 radical (unpaired) electrons. The average Bonchev–Trinajstić information content (AvgIpc) is 2.63. The number of carbonyl (C=O) groups excluding carboxylic acids is 1. The van der Waals surface area contributed by atoms with Gasteiger partial charge in [-0.15, -0.1) is 0 Å². The van der Waals surface area contributed by atoms with Gasteiger partial charge in [0, 0.05) is 6.42 Å². The second-order valence-electron chi connectivity index (χ2n) is 5.63. The predicted molar refractivity (Wildman–Crippen MR) is 66.5 cm³/mol. The summed E-state index contributed by atoms with van der Waals surface area (Å²) in [6.07, 6.45) is 5.86. The van der Waals surface area contributed by atoms with E-state index in [0.29, 0.717) is 6.42 Å². The molecule has 0 saturated carbocycles. The van der Waals surface area contributed by atoms with Crippen LogP contribution in [0.5, 0.6) is 0 Å². The maximum absolute atomic E-state index is 10.8. The third kappa shape index (κ3) is 3.44. The van der Waals surface area contributed by atoms with Crippen LogP contribution in [0.15, 0.2) is 11.6 Å². The zero-order valence-electron chi connectivity index (χ0n) is 11.2. The van der Waals surface area contributed by atoms with Crippen molar-refractivity contribution in [2.75, 3.05) is 0 Å². The normalized spacial score (nSPS) is 27.9. The van der Waals surface area contributed by atoms with Crippen molar-refractivity contribution < 1.29 is 9.53 Å². The molecule has 1 saturated heterocycles. The Hall–Kier alpha value is -0.630. The van der Waals surface area contributed by atoms with Gasteiger partial charge in [-0.1, -0.05) is 11.6 Å². The first kappa shape index (κ1) is 13.4. The van der Waals surface area contributed by atoms with Crippen molar-refractivity contribution in [3.8, 4) is 0 Å². The number of ether oxygens (including phenoxy) is 1. The van der Waals surface area contributed by atoms with Crippen molar-refractivity contribution >= 4 is 5.78 Å². The Morgan fingerprint density at radius 2 is 1.75 bits per heavy atom. The minimum absolute atomic E-state index is 0.0483. The molecule has 1 aliphatic rings. The van der Waals surface area contributed by atoms with Gasteiger partial charge in [0.05, 0.1) is 11.2 Å². The van der Waals surface area contributed by atoms with Gasteiger partial charge in [0.15, 0.2) is 0 Å². The lowest BCUT2D eigenvalue weighted by atomic mass is 9.91. The van der Waals surface area contributed by atoms with Crippen LogP contribution in [0.25, 0.3) is 0 Å². The van der Waals surface area contributed by atoms with Crippen LogP contribution in [0.4, 0.5) is 0 Å². The van der Waals surface area contributed by atoms with Crippen molar-refractivity contribution in [1.82, 2.24) is 0 Å². The summed E-state index contributed by atoms with van der Waals surface area (Å²) >= 11 is 0. The molecular formula is C14H24O2. The zero-order chi connectivity index (χ0) is 12.4. The molecule has 1 unspecified atom stereocenters. The van der Waals surface area contributed by atoms with E-state index >= 15 is 0 Å². The van der Waals surface area contributed by atoms with E-state index < -0.39 is 0 Å². The highest BCUT2D eigenvalue weighted by Gasteiger charge is 2.59. The molecule has 0 N–H and O–H groups in total. The zero-order valence-corrected chi connectivity index (χ0v) is 11.2. The SMILES string of the molecule is CC(=O)CCC=C(C)CCC1(C)OC1(C)C. The Labute approximate surface area is 99.1 Å². The molecule has 1 heterocycles. The Bertz CT molecular complexity index is 302. The Morgan fingerprint density at radius 3 is 2.19 bits per heavy atom. The fourth-order valence-corrected chi connectivity index (χ4v) is 1.95. The van der Waals surface area contributed by atoms with Gasteiger partial charge in [0.2, 0.25) is 0 Å². The van der Waals surface area contributed by atoms with Crippen molar-refractivity contribution in [3.63, 3.8) is 0 Å². The number of allylic oxidation sites excluding steroid dienone is 2. The molecule has 0 aromatic carbocycles. The van der Waals surface area contributed by atoms with Crippen LogP contribution in [0, 0.1) is 0 Å². The van der Waals surface area contributed by atoms with Crippen LogP contribution in [0.3, 0.4) is 0 Å². The lowest BCUT2D eigenvalue weighted by molar-refractivity contribution is -0.116. The largest absolute Gasteiger partial charge is 0.363 e. The van der Waals surface area contributed by atoms with E-state index in [1.165, 1.54) is 5.57 Å². The molecule has 1 atom stereocenters. The number of epoxide rings is 1. The third-order valence-electron chi connectivity index (χ3n) is 3.70. The summed E-state index contributed by atoms with van der Waals surface area (Å²) in [5.74, 6) is 0.266. The maximum Gasteiger partial charge on any atom is 0.130 e. The first-order valence-corrected chi connectivity index (χ1v) is 6.12. The second-order valence-corrected chi connectivity index (χ2v) is 5.63. The standard InChI is InChI=1S/C14H24O2/c1-11(7-6-8-12(2)15)9-10-14(5)13(3,4)16-14/h7H,6,8-10H2,1-5H3. The molecule has 0 spiro atoms.